The van der Waals surface area contributed by atoms with Crippen LogP contribution in [0.5, 0.6) is 0 Å². The molecule has 1 aliphatic rings. The van der Waals surface area contributed by atoms with Crippen molar-refractivity contribution in [3.8, 4) is 0 Å². The number of hydrogen-bond acceptors (Lipinski definition) is 2. The molecule has 1 heterocycles. The minimum atomic E-state index is -0.883. The summed E-state index contributed by atoms with van der Waals surface area (Å²) in [7, 11) is 0. The molecule has 1 aliphatic heterocycles. The van der Waals surface area contributed by atoms with Crippen LogP contribution in [0, 0.1) is 5.92 Å². The molecule has 104 valence electrons. The maximum atomic E-state index is 12.1. The van der Waals surface area contributed by atoms with Gasteiger partial charge in [0.2, 0.25) is 0 Å². The Hall–Kier alpha value is -1.26. The van der Waals surface area contributed by atoms with E-state index in [2.05, 4.69) is 12.2 Å². The van der Waals surface area contributed by atoms with Crippen LogP contribution in [0.2, 0.25) is 0 Å². The number of likely N-dealkylation sites (tertiary alicyclic amines) is 1. The standard InChI is InChI=1S/C13H24N2O3/c1-9-7-5-4-6-8-15(9)13(18)14-11(3)10(2)12(16)17/h9-11H,4-8H2,1-3H3,(H,14,18)(H,16,17). The Labute approximate surface area is 109 Å². The van der Waals surface area contributed by atoms with E-state index in [1.54, 1.807) is 13.8 Å². The summed E-state index contributed by atoms with van der Waals surface area (Å²) in [5, 5.41) is 11.7. The first-order valence-corrected chi connectivity index (χ1v) is 6.73. The fourth-order valence-electron chi connectivity index (χ4n) is 2.19. The molecule has 0 bridgehead atoms. The third-order valence-electron chi connectivity index (χ3n) is 3.80. The number of nitrogens with zero attached hydrogens (tertiary/aromatic N) is 1. The second kappa shape index (κ2) is 6.61. The summed E-state index contributed by atoms with van der Waals surface area (Å²) >= 11 is 0. The van der Waals surface area contributed by atoms with Gasteiger partial charge in [0.15, 0.2) is 0 Å². The molecule has 3 atom stereocenters. The van der Waals surface area contributed by atoms with Gasteiger partial charge in [-0.3, -0.25) is 4.79 Å². The number of carbonyl (C=O) groups is 2. The first-order valence-electron chi connectivity index (χ1n) is 6.73. The van der Waals surface area contributed by atoms with Gasteiger partial charge in [-0.15, -0.1) is 0 Å². The molecule has 5 heteroatoms. The monoisotopic (exact) mass is 256 g/mol. The highest BCUT2D eigenvalue weighted by molar-refractivity contribution is 5.76. The Morgan fingerprint density at radius 3 is 2.56 bits per heavy atom. The van der Waals surface area contributed by atoms with Gasteiger partial charge in [0.05, 0.1) is 5.92 Å². The van der Waals surface area contributed by atoms with Crippen LogP contribution >= 0.6 is 0 Å². The predicted octanol–water partition coefficient (Wildman–Crippen LogP) is 2.07. The Morgan fingerprint density at radius 2 is 1.94 bits per heavy atom. The van der Waals surface area contributed by atoms with Crippen LogP contribution in [0.3, 0.4) is 0 Å². The highest BCUT2D eigenvalue weighted by Gasteiger charge is 2.26. The zero-order valence-electron chi connectivity index (χ0n) is 11.5. The lowest BCUT2D eigenvalue weighted by Gasteiger charge is -2.29. The Balaban J connectivity index is 2.55. The molecule has 5 nitrogen and oxygen atoms in total. The summed E-state index contributed by atoms with van der Waals surface area (Å²) in [5.41, 5.74) is 0. The van der Waals surface area contributed by atoms with Crippen LogP contribution in [0.1, 0.15) is 46.5 Å². The third kappa shape index (κ3) is 3.89. The average molecular weight is 256 g/mol. The van der Waals surface area contributed by atoms with Crippen molar-refractivity contribution in [2.75, 3.05) is 6.54 Å². The van der Waals surface area contributed by atoms with Crippen molar-refractivity contribution in [1.82, 2.24) is 10.2 Å². The van der Waals surface area contributed by atoms with E-state index in [-0.39, 0.29) is 18.1 Å². The van der Waals surface area contributed by atoms with Crippen LogP contribution in [-0.4, -0.2) is 40.6 Å². The summed E-state index contributed by atoms with van der Waals surface area (Å²) in [6, 6.07) is -0.254. The van der Waals surface area contributed by atoms with Crippen LogP contribution in [-0.2, 0) is 4.79 Å². The van der Waals surface area contributed by atoms with E-state index >= 15 is 0 Å². The van der Waals surface area contributed by atoms with E-state index in [0.29, 0.717) is 0 Å². The van der Waals surface area contributed by atoms with Gasteiger partial charge in [0.25, 0.3) is 0 Å². The Bertz CT molecular complexity index is 307. The molecule has 0 aromatic carbocycles. The first kappa shape index (κ1) is 14.8. The molecule has 0 radical (unpaired) electrons. The molecule has 3 unspecified atom stereocenters. The van der Waals surface area contributed by atoms with Crippen molar-refractivity contribution in [1.29, 1.82) is 0 Å². The number of amides is 2. The second-order valence-corrected chi connectivity index (χ2v) is 5.26. The Morgan fingerprint density at radius 1 is 1.28 bits per heavy atom. The smallest absolute Gasteiger partial charge is 0.317 e. The van der Waals surface area contributed by atoms with Gasteiger partial charge in [0, 0.05) is 18.6 Å². The van der Waals surface area contributed by atoms with Crippen molar-refractivity contribution in [3.05, 3.63) is 0 Å². The quantitative estimate of drug-likeness (QED) is 0.812. The topological polar surface area (TPSA) is 69.6 Å². The lowest BCUT2D eigenvalue weighted by Crippen LogP contribution is -2.50. The number of rotatable bonds is 3. The zero-order valence-corrected chi connectivity index (χ0v) is 11.5. The molecule has 2 amide bonds. The number of carbonyl (C=O) groups excluding carboxylic acids is 1. The van der Waals surface area contributed by atoms with E-state index in [1.807, 2.05) is 4.90 Å². The van der Waals surface area contributed by atoms with Crippen LogP contribution in [0.25, 0.3) is 0 Å². The van der Waals surface area contributed by atoms with Crippen molar-refractivity contribution in [3.63, 3.8) is 0 Å². The maximum absolute atomic E-state index is 12.1. The SMILES string of the molecule is CC(NC(=O)N1CCCCCC1C)C(C)C(=O)O. The number of aliphatic carboxylic acids is 1. The Kier molecular flexibility index (Phi) is 5.44. The maximum Gasteiger partial charge on any atom is 0.317 e. The van der Waals surface area contributed by atoms with Gasteiger partial charge >= 0.3 is 12.0 Å². The number of hydrogen-bond donors (Lipinski definition) is 2. The van der Waals surface area contributed by atoms with Gasteiger partial charge < -0.3 is 15.3 Å². The van der Waals surface area contributed by atoms with E-state index in [4.69, 9.17) is 5.11 Å². The fourth-order valence-corrected chi connectivity index (χ4v) is 2.19. The average Bonchev–Trinajstić information content (AvgIpc) is 2.52. The summed E-state index contributed by atoms with van der Waals surface area (Å²) < 4.78 is 0. The van der Waals surface area contributed by atoms with Gasteiger partial charge in [-0.25, -0.2) is 4.79 Å². The molecule has 0 saturated carbocycles. The van der Waals surface area contributed by atoms with E-state index < -0.39 is 11.9 Å². The largest absolute Gasteiger partial charge is 0.481 e. The second-order valence-electron chi connectivity index (χ2n) is 5.26. The lowest BCUT2D eigenvalue weighted by molar-refractivity contribution is -0.141. The molecule has 1 saturated heterocycles. The third-order valence-corrected chi connectivity index (χ3v) is 3.80. The van der Waals surface area contributed by atoms with Crippen LogP contribution < -0.4 is 5.32 Å². The number of urea groups is 1. The van der Waals surface area contributed by atoms with Crippen molar-refractivity contribution < 1.29 is 14.7 Å². The fraction of sp³-hybridized carbons (Fsp3) is 0.846. The molecular weight excluding hydrogens is 232 g/mol. The first-order chi connectivity index (χ1) is 8.43. The lowest BCUT2D eigenvalue weighted by atomic mass is 10.0. The molecule has 0 aromatic rings. The zero-order chi connectivity index (χ0) is 13.7. The molecule has 18 heavy (non-hydrogen) atoms. The van der Waals surface area contributed by atoms with E-state index in [9.17, 15) is 9.59 Å². The summed E-state index contributed by atoms with van der Waals surface area (Å²) in [6.45, 7) is 6.16. The summed E-state index contributed by atoms with van der Waals surface area (Å²) in [5.74, 6) is -1.46. The summed E-state index contributed by atoms with van der Waals surface area (Å²) in [4.78, 5) is 24.8. The number of carboxylic acid groups (broad SMARTS) is 1. The molecule has 2 N–H and O–H groups in total. The molecular formula is C13H24N2O3. The van der Waals surface area contributed by atoms with E-state index in [0.717, 1.165) is 32.2 Å². The normalized spacial score (nSPS) is 23.9. The minimum Gasteiger partial charge on any atom is -0.481 e. The minimum absolute atomic E-state index is 0.134. The number of carboxylic acids is 1. The van der Waals surface area contributed by atoms with Crippen molar-refractivity contribution in [2.45, 2.75) is 58.5 Å². The highest BCUT2D eigenvalue weighted by atomic mass is 16.4. The van der Waals surface area contributed by atoms with Crippen molar-refractivity contribution in [2.24, 2.45) is 5.92 Å². The van der Waals surface area contributed by atoms with Gasteiger partial charge in [-0.2, -0.15) is 0 Å². The predicted molar refractivity (Wildman–Crippen MR) is 69.4 cm³/mol. The molecule has 0 aliphatic carbocycles. The van der Waals surface area contributed by atoms with E-state index in [1.165, 1.54) is 0 Å². The van der Waals surface area contributed by atoms with Gasteiger partial charge in [-0.05, 0) is 33.6 Å². The molecule has 0 aromatic heterocycles. The van der Waals surface area contributed by atoms with Crippen LogP contribution in [0.15, 0.2) is 0 Å². The molecule has 0 spiro atoms. The summed E-state index contributed by atoms with van der Waals surface area (Å²) in [6.07, 6.45) is 4.37. The van der Waals surface area contributed by atoms with Gasteiger partial charge in [0.1, 0.15) is 0 Å². The van der Waals surface area contributed by atoms with Crippen molar-refractivity contribution >= 4 is 12.0 Å². The highest BCUT2D eigenvalue weighted by Crippen LogP contribution is 2.16. The number of nitrogens with one attached hydrogen (secondary N) is 1. The van der Waals surface area contributed by atoms with Crippen LogP contribution in [0.4, 0.5) is 4.79 Å². The molecule has 1 rings (SSSR count). The van der Waals surface area contributed by atoms with Gasteiger partial charge in [-0.1, -0.05) is 12.8 Å². The molecule has 1 fully saturated rings.